The number of benzene rings is 1. The van der Waals surface area contributed by atoms with Crippen LogP contribution in [-0.4, -0.2) is 35.0 Å². The van der Waals surface area contributed by atoms with Crippen LogP contribution in [0.15, 0.2) is 30.3 Å². The van der Waals surface area contributed by atoms with Gasteiger partial charge in [-0.15, -0.1) is 0 Å². The van der Waals surface area contributed by atoms with E-state index in [1.165, 1.54) is 5.56 Å². The number of hydrogen-bond donors (Lipinski definition) is 1. The topological polar surface area (TPSA) is 57.6 Å². The Hall–Kier alpha value is -1.84. The standard InChI is InChI=1S/C18H25NO3/c1-14(2)12-18(13-16(20)21)9-11-19(17(18)22)10-8-15-6-4-3-5-7-15/h3-7,14H,8-13H2,1-2H3,(H,20,21). The first-order valence-electron chi connectivity index (χ1n) is 7.98. The second kappa shape index (κ2) is 6.95. The fourth-order valence-electron chi connectivity index (χ4n) is 3.51. The van der Waals surface area contributed by atoms with Gasteiger partial charge < -0.3 is 10.0 Å². The van der Waals surface area contributed by atoms with Crippen LogP contribution in [0.5, 0.6) is 0 Å². The Balaban J connectivity index is 2.03. The summed E-state index contributed by atoms with van der Waals surface area (Å²) in [6.45, 7) is 5.43. The van der Waals surface area contributed by atoms with E-state index in [0.717, 1.165) is 6.42 Å². The number of aliphatic carboxylic acids is 1. The van der Waals surface area contributed by atoms with Crippen molar-refractivity contribution in [2.24, 2.45) is 11.3 Å². The maximum absolute atomic E-state index is 12.8. The van der Waals surface area contributed by atoms with Crippen molar-refractivity contribution in [2.75, 3.05) is 13.1 Å². The predicted molar refractivity (Wildman–Crippen MR) is 85.5 cm³/mol. The quantitative estimate of drug-likeness (QED) is 0.842. The maximum Gasteiger partial charge on any atom is 0.304 e. The number of carboxylic acid groups (broad SMARTS) is 1. The molecule has 22 heavy (non-hydrogen) atoms. The van der Waals surface area contributed by atoms with E-state index in [0.29, 0.717) is 31.8 Å². The van der Waals surface area contributed by atoms with Gasteiger partial charge in [0.1, 0.15) is 0 Å². The molecule has 2 rings (SSSR count). The van der Waals surface area contributed by atoms with Crippen LogP contribution in [0.2, 0.25) is 0 Å². The Morgan fingerprint density at radius 1 is 1.32 bits per heavy atom. The molecule has 1 saturated heterocycles. The highest BCUT2D eigenvalue weighted by molar-refractivity contribution is 5.88. The molecule has 0 spiro atoms. The van der Waals surface area contributed by atoms with Crippen molar-refractivity contribution in [3.63, 3.8) is 0 Å². The zero-order chi connectivity index (χ0) is 16.2. The minimum absolute atomic E-state index is 0.0273. The molecule has 1 fully saturated rings. The highest BCUT2D eigenvalue weighted by atomic mass is 16.4. The molecule has 4 nitrogen and oxygen atoms in total. The smallest absolute Gasteiger partial charge is 0.304 e. The summed E-state index contributed by atoms with van der Waals surface area (Å²) in [7, 11) is 0. The van der Waals surface area contributed by atoms with E-state index in [4.69, 9.17) is 0 Å². The van der Waals surface area contributed by atoms with Crippen LogP contribution in [0.25, 0.3) is 0 Å². The van der Waals surface area contributed by atoms with Gasteiger partial charge in [-0.05, 0) is 30.7 Å². The Kier molecular flexibility index (Phi) is 5.22. The van der Waals surface area contributed by atoms with Gasteiger partial charge in [0.25, 0.3) is 0 Å². The highest BCUT2D eigenvalue weighted by Crippen LogP contribution is 2.41. The summed E-state index contributed by atoms with van der Waals surface area (Å²) in [4.78, 5) is 25.8. The summed E-state index contributed by atoms with van der Waals surface area (Å²) in [6, 6.07) is 10.1. The Bertz CT molecular complexity index is 526. The summed E-state index contributed by atoms with van der Waals surface area (Å²) < 4.78 is 0. The Morgan fingerprint density at radius 3 is 2.59 bits per heavy atom. The van der Waals surface area contributed by atoms with Gasteiger partial charge in [0.15, 0.2) is 0 Å². The highest BCUT2D eigenvalue weighted by Gasteiger charge is 2.47. The summed E-state index contributed by atoms with van der Waals surface area (Å²) in [6.07, 6.45) is 2.08. The molecule has 0 radical (unpaired) electrons. The van der Waals surface area contributed by atoms with Crippen LogP contribution in [-0.2, 0) is 16.0 Å². The Morgan fingerprint density at radius 2 is 2.00 bits per heavy atom. The first-order chi connectivity index (χ1) is 10.4. The molecular weight excluding hydrogens is 278 g/mol. The zero-order valence-electron chi connectivity index (χ0n) is 13.4. The Labute approximate surface area is 132 Å². The predicted octanol–water partition coefficient (Wildman–Crippen LogP) is 2.97. The molecule has 1 unspecified atom stereocenters. The third kappa shape index (κ3) is 3.87. The van der Waals surface area contributed by atoms with Crippen LogP contribution < -0.4 is 0 Å². The molecule has 1 atom stereocenters. The molecule has 1 aliphatic rings. The molecule has 1 aromatic carbocycles. The third-order valence-electron chi connectivity index (χ3n) is 4.40. The minimum atomic E-state index is -0.876. The van der Waals surface area contributed by atoms with E-state index >= 15 is 0 Å². The normalized spacial score (nSPS) is 21.6. The number of carbonyl (C=O) groups excluding carboxylic acids is 1. The van der Waals surface area contributed by atoms with E-state index in [2.05, 4.69) is 12.1 Å². The van der Waals surface area contributed by atoms with Crippen molar-refractivity contribution in [3.05, 3.63) is 35.9 Å². The average Bonchev–Trinajstić information content (AvgIpc) is 2.73. The summed E-state index contributed by atoms with van der Waals surface area (Å²) in [5.74, 6) is -0.532. The second-order valence-corrected chi connectivity index (χ2v) is 6.73. The third-order valence-corrected chi connectivity index (χ3v) is 4.40. The van der Waals surface area contributed by atoms with Gasteiger partial charge in [0.2, 0.25) is 5.91 Å². The van der Waals surface area contributed by atoms with Crippen molar-refractivity contribution < 1.29 is 14.7 Å². The lowest BCUT2D eigenvalue weighted by Gasteiger charge is -2.28. The van der Waals surface area contributed by atoms with Crippen molar-refractivity contribution in [3.8, 4) is 0 Å². The van der Waals surface area contributed by atoms with Crippen LogP contribution >= 0.6 is 0 Å². The summed E-state index contributed by atoms with van der Waals surface area (Å²) >= 11 is 0. The van der Waals surface area contributed by atoms with Gasteiger partial charge in [-0.25, -0.2) is 0 Å². The van der Waals surface area contributed by atoms with Crippen LogP contribution in [0, 0.1) is 11.3 Å². The second-order valence-electron chi connectivity index (χ2n) is 6.73. The van der Waals surface area contributed by atoms with Gasteiger partial charge in [0.05, 0.1) is 11.8 Å². The largest absolute Gasteiger partial charge is 0.481 e. The lowest BCUT2D eigenvalue weighted by atomic mass is 9.76. The van der Waals surface area contributed by atoms with E-state index < -0.39 is 11.4 Å². The van der Waals surface area contributed by atoms with Crippen LogP contribution in [0.4, 0.5) is 0 Å². The van der Waals surface area contributed by atoms with Gasteiger partial charge in [-0.1, -0.05) is 44.2 Å². The van der Waals surface area contributed by atoms with Crippen molar-refractivity contribution in [1.82, 2.24) is 4.90 Å². The van der Waals surface area contributed by atoms with Crippen molar-refractivity contribution >= 4 is 11.9 Å². The molecule has 1 amide bonds. The summed E-state index contributed by atoms with van der Waals surface area (Å²) in [5.41, 5.74) is 0.506. The van der Waals surface area contributed by atoms with Crippen molar-refractivity contribution in [1.29, 1.82) is 0 Å². The fraction of sp³-hybridized carbons (Fsp3) is 0.556. The molecule has 0 bridgehead atoms. The zero-order valence-corrected chi connectivity index (χ0v) is 13.4. The molecule has 0 aliphatic carbocycles. The maximum atomic E-state index is 12.8. The molecule has 1 N–H and O–H groups in total. The molecule has 4 heteroatoms. The minimum Gasteiger partial charge on any atom is -0.481 e. The molecule has 1 heterocycles. The number of hydrogen-bond acceptors (Lipinski definition) is 2. The van der Waals surface area contributed by atoms with Gasteiger partial charge in [0, 0.05) is 13.1 Å². The van der Waals surface area contributed by atoms with Gasteiger partial charge in [-0.3, -0.25) is 9.59 Å². The number of carbonyl (C=O) groups is 2. The molecule has 0 saturated carbocycles. The number of rotatable bonds is 7. The average molecular weight is 303 g/mol. The number of nitrogens with zero attached hydrogens (tertiary/aromatic N) is 1. The summed E-state index contributed by atoms with van der Waals surface area (Å²) in [5, 5.41) is 9.19. The van der Waals surface area contributed by atoms with Crippen molar-refractivity contribution in [2.45, 2.75) is 39.5 Å². The van der Waals surface area contributed by atoms with E-state index in [1.54, 1.807) is 0 Å². The molecule has 1 aromatic rings. The lowest BCUT2D eigenvalue weighted by Crippen LogP contribution is -2.38. The molecule has 1 aliphatic heterocycles. The van der Waals surface area contributed by atoms with Gasteiger partial charge >= 0.3 is 5.97 Å². The van der Waals surface area contributed by atoms with Crippen LogP contribution in [0.1, 0.15) is 38.7 Å². The number of likely N-dealkylation sites (tertiary alicyclic amines) is 1. The van der Waals surface area contributed by atoms with Crippen LogP contribution in [0.3, 0.4) is 0 Å². The molecule has 0 aromatic heterocycles. The number of amides is 1. The van der Waals surface area contributed by atoms with Gasteiger partial charge in [-0.2, -0.15) is 0 Å². The number of carboxylic acids is 1. The van der Waals surface area contributed by atoms with E-state index in [-0.39, 0.29) is 12.3 Å². The van der Waals surface area contributed by atoms with E-state index in [9.17, 15) is 14.7 Å². The fourth-order valence-corrected chi connectivity index (χ4v) is 3.51. The first-order valence-corrected chi connectivity index (χ1v) is 7.98. The monoisotopic (exact) mass is 303 g/mol. The van der Waals surface area contributed by atoms with E-state index in [1.807, 2.05) is 36.9 Å². The lowest BCUT2D eigenvalue weighted by molar-refractivity contribution is -0.147. The first kappa shape index (κ1) is 16.5. The SMILES string of the molecule is CC(C)CC1(CC(=O)O)CCN(CCc2ccccc2)C1=O. The molecule has 120 valence electrons. The molecular formula is C18H25NO3.